The molecule has 1 amide bonds. The lowest BCUT2D eigenvalue weighted by Gasteiger charge is -2.23. The summed E-state index contributed by atoms with van der Waals surface area (Å²) in [4.78, 5) is 27.8. The summed E-state index contributed by atoms with van der Waals surface area (Å²) in [6, 6.07) is 16.4. The Morgan fingerprint density at radius 1 is 1.05 bits per heavy atom. The zero-order chi connectivity index (χ0) is 27.0. The van der Waals surface area contributed by atoms with Crippen LogP contribution in [0, 0.1) is 5.82 Å². The van der Waals surface area contributed by atoms with Crippen molar-refractivity contribution >= 4 is 84.8 Å². The van der Waals surface area contributed by atoms with Crippen molar-refractivity contribution < 1.29 is 19.1 Å². The van der Waals surface area contributed by atoms with Gasteiger partial charge >= 0.3 is 5.91 Å². The summed E-state index contributed by atoms with van der Waals surface area (Å²) >= 11 is 18.4. The highest BCUT2D eigenvalue weighted by atomic mass is 79.9. The van der Waals surface area contributed by atoms with Gasteiger partial charge in [0.15, 0.2) is 4.34 Å². The second-order valence-electron chi connectivity index (χ2n) is 8.11. The molecule has 1 atom stereocenters. The molecule has 1 saturated heterocycles. The van der Waals surface area contributed by atoms with Gasteiger partial charge in [-0.1, -0.05) is 92.6 Å². The molecule has 0 spiro atoms. The van der Waals surface area contributed by atoms with Crippen LogP contribution in [-0.4, -0.2) is 27.0 Å². The first kappa shape index (κ1) is 26.8. The fourth-order valence-corrected chi connectivity index (χ4v) is 6.49. The zero-order valence-corrected chi connectivity index (χ0v) is 23.8. The first-order valence-electron chi connectivity index (χ1n) is 11.0. The Kier molecular flexibility index (Phi) is 7.88. The largest absolute Gasteiger partial charge is 0.507 e. The highest BCUT2D eigenvalue weighted by molar-refractivity contribution is 9.10. The monoisotopic (exact) mass is 649 g/mol. The normalized spacial score (nSPS) is 16.8. The van der Waals surface area contributed by atoms with E-state index in [1.165, 1.54) is 34.9 Å². The number of aromatic nitrogens is 2. The average molecular weight is 651 g/mol. The number of benzene rings is 3. The fourth-order valence-electron chi connectivity index (χ4n) is 3.89. The quantitative estimate of drug-likeness (QED) is 0.0758. The second-order valence-corrected chi connectivity index (χ2v) is 12.0. The molecule has 0 aliphatic carbocycles. The number of nitrogens with zero attached hydrogens (tertiary/aromatic N) is 3. The van der Waals surface area contributed by atoms with Crippen molar-refractivity contribution in [1.29, 1.82) is 0 Å². The molecule has 12 heteroatoms. The molecule has 3 aromatic carbocycles. The molecule has 1 fully saturated rings. The molecule has 192 valence electrons. The van der Waals surface area contributed by atoms with Crippen molar-refractivity contribution in [3.8, 4) is 0 Å². The van der Waals surface area contributed by atoms with E-state index in [4.69, 9.17) is 23.2 Å². The van der Waals surface area contributed by atoms with E-state index >= 15 is 0 Å². The fraction of sp³-hybridized carbons (Fsp3) is 0.0769. The predicted octanol–water partition coefficient (Wildman–Crippen LogP) is 7.67. The van der Waals surface area contributed by atoms with Gasteiger partial charge in [0.2, 0.25) is 5.13 Å². The van der Waals surface area contributed by atoms with Crippen LogP contribution in [0.5, 0.6) is 0 Å². The van der Waals surface area contributed by atoms with Gasteiger partial charge in [-0.25, -0.2) is 4.39 Å². The number of hydrogen-bond donors (Lipinski definition) is 1. The third-order valence-electron chi connectivity index (χ3n) is 5.70. The number of rotatable bonds is 6. The van der Waals surface area contributed by atoms with Crippen LogP contribution in [0.3, 0.4) is 0 Å². The number of anilines is 1. The first-order valence-corrected chi connectivity index (χ1v) is 14.3. The lowest BCUT2D eigenvalue weighted by Crippen LogP contribution is -2.29. The maximum absolute atomic E-state index is 13.3. The summed E-state index contributed by atoms with van der Waals surface area (Å²) < 4.78 is 14.5. The van der Waals surface area contributed by atoms with Crippen LogP contribution in [-0.2, 0) is 15.3 Å². The molecule has 1 aliphatic heterocycles. The van der Waals surface area contributed by atoms with Crippen LogP contribution in [0.15, 0.2) is 81.1 Å². The molecule has 5 rings (SSSR count). The number of carbonyl (C=O) groups is 2. The van der Waals surface area contributed by atoms with Crippen molar-refractivity contribution in [2.24, 2.45) is 0 Å². The number of carbonyl (C=O) groups excluding carboxylic acids is 2. The van der Waals surface area contributed by atoms with E-state index in [1.807, 2.05) is 0 Å². The number of aliphatic hydroxyl groups excluding tert-OH is 1. The molecule has 1 N–H and O–H groups in total. The number of Topliss-reactive ketones (excluding diaryl/α,β-unsaturated/α-hetero) is 1. The van der Waals surface area contributed by atoms with Crippen LogP contribution in [0.2, 0.25) is 10.0 Å². The Balaban J connectivity index is 1.56. The molecule has 0 bridgehead atoms. The average Bonchev–Trinajstić information content (AvgIpc) is 3.46. The molecule has 0 saturated carbocycles. The molecule has 0 radical (unpaired) electrons. The van der Waals surface area contributed by atoms with E-state index in [-0.39, 0.29) is 27.3 Å². The van der Waals surface area contributed by atoms with E-state index in [0.717, 1.165) is 21.4 Å². The summed E-state index contributed by atoms with van der Waals surface area (Å²) in [7, 11) is 0. The molecule has 38 heavy (non-hydrogen) atoms. The maximum Gasteiger partial charge on any atom is 0.301 e. The van der Waals surface area contributed by atoms with Crippen LogP contribution < -0.4 is 4.90 Å². The Morgan fingerprint density at radius 3 is 2.45 bits per heavy atom. The summed E-state index contributed by atoms with van der Waals surface area (Å²) in [5.74, 6) is -1.91. The minimum absolute atomic E-state index is 0.128. The number of thioether (sulfide) groups is 1. The number of aliphatic hydroxyl groups is 1. The van der Waals surface area contributed by atoms with E-state index in [9.17, 15) is 19.1 Å². The molecular weight excluding hydrogens is 636 g/mol. The van der Waals surface area contributed by atoms with E-state index < -0.39 is 17.7 Å². The zero-order valence-electron chi connectivity index (χ0n) is 19.1. The number of ketones is 1. The van der Waals surface area contributed by atoms with Crippen molar-refractivity contribution in [3.63, 3.8) is 0 Å². The Morgan fingerprint density at radius 2 is 1.76 bits per heavy atom. The van der Waals surface area contributed by atoms with Crippen LogP contribution in [0.25, 0.3) is 5.76 Å². The Hall–Kier alpha value is -2.76. The highest BCUT2D eigenvalue weighted by Gasteiger charge is 2.49. The van der Waals surface area contributed by atoms with Crippen LogP contribution >= 0.6 is 62.2 Å². The standard InChI is InChI=1S/C26H15BrCl2FN3O3S2/c27-15-5-3-14(4-6-15)22(34)20-21(18-10-7-16(28)11-19(18)29)33(24(36)23(20)35)25-31-32-26(38-25)37-12-13-1-8-17(30)9-2-13/h1-11,21,34H,12H2/b22-20-. The Bertz CT molecular complexity index is 1580. The molecule has 1 aromatic heterocycles. The molecule has 1 unspecified atom stereocenters. The minimum atomic E-state index is -1.06. The summed E-state index contributed by atoms with van der Waals surface area (Å²) in [6.45, 7) is 0. The highest BCUT2D eigenvalue weighted by Crippen LogP contribution is 2.46. The minimum Gasteiger partial charge on any atom is -0.507 e. The van der Waals surface area contributed by atoms with Crippen molar-refractivity contribution in [1.82, 2.24) is 10.2 Å². The summed E-state index contributed by atoms with van der Waals surface area (Å²) in [5.41, 5.74) is 1.51. The van der Waals surface area contributed by atoms with Crippen LogP contribution in [0.1, 0.15) is 22.7 Å². The first-order chi connectivity index (χ1) is 18.2. The second kappa shape index (κ2) is 11.2. The van der Waals surface area contributed by atoms with Gasteiger partial charge in [0.05, 0.1) is 11.6 Å². The van der Waals surface area contributed by atoms with Gasteiger partial charge in [0.25, 0.3) is 5.78 Å². The number of amides is 1. The molecule has 2 heterocycles. The molecule has 4 aromatic rings. The smallest absolute Gasteiger partial charge is 0.301 e. The van der Waals surface area contributed by atoms with E-state index in [1.54, 1.807) is 48.5 Å². The third-order valence-corrected chi connectivity index (χ3v) is 8.91. The lowest BCUT2D eigenvalue weighted by molar-refractivity contribution is -0.132. The van der Waals surface area contributed by atoms with Gasteiger partial charge in [-0.3, -0.25) is 14.5 Å². The van der Waals surface area contributed by atoms with Gasteiger partial charge in [0.1, 0.15) is 11.6 Å². The molecule has 1 aliphatic rings. The Labute approximate surface area is 243 Å². The van der Waals surface area contributed by atoms with Gasteiger partial charge in [-0.05, 0) is 47.5 Å². The van der Waals surface area contributed by atoms with Gasteiger partial charge in [-0.15, -0.1) is 10.2 Å². The number of hydrogen-bond acceptors (Lipinski definition) is 7. The predicted molar refractivity (Wildman–Crippen MR) is 151 cm³/mol. The summed E-state index contributed by atoms with van der Waals surface area (Å²) in [5, 5.41) is 20.3. The van der Waals surface area contributed by atoms with Crippen molar-refractivity contribution in [2.75, 3.05) is 4.90 Å². The van der Waals surface area contributed by atoms with E-state index in [0.29, 0.717) is 26.2 Å². The summed E-state index contributed by atoms with van der Waals surface area (Å²) in [6.07, 6.45) is 0. The van der Waals surface area contributed by atoms with Gasteiger partial charge < -0.3 is 5.11 Å². The van der Waals surface area contributed by atoms with Crippen LogP contribution in [0.4, 0.5) is 9.52 Å². The molecule has 6 nitrogen and oxygen atoms in total. The van der Waals surface area contributed by atoms with Crippen molar-refractivity contribution in [2.45, 2.75) is 16.1 Å². The SMILES string of the molecule is O=C1C(=O)N(c2nnc(SCc3ccc(F)cc3)s2)C(c2ccc(Cl)cc2Cl)/C1=C(/O)c1ccc(Br)cc1. The lowest BCUT2D eigenvalue weighted by atomic mass is 9.95. The third kappa shape index (κ3) is 5.37. The van der Waals surface area contributed by atoms with Crippen molar-refractivity contribution in [3.05, 3.63) is 109 Å². The molecular formula is C26H15BrCl2FN3O3S2. The maximum atomic E-state index is 13.3. The van der Waals surface area contributed by atoms with E-state index in [2.05, 4.69) is 26.1 Å². The topological polar surface area (TPSA) is 83.4 Å². The van der Waals surface area contributed by atoms with Gasteiger partial charge in [-0.2, -0.15) is 0 Å². The van der Waals surface area contributed by atoms with Gasteiger partial charge in [0, 0.05) is 25.8 Å². The number of halogens is 4.